The summed E-state index contributed by atoms with van der Waals surface area (Å²) in [7, 11) is 0. The van der Waals surface area contributed by atoms with Crippen LogP contribution in [0.15, 0.2) is 42.7 Å². The fourth-order valence-corrected chi connectivity index (χ4v) is 2.99. The number of amides is 1. The summed E-state index contributed by atoms with van der Waals surface area (Å²) in [6.07, 6.45) is 3.72. The van der Waals surface area contributed by atoms with E-state index >= 15 is 0 Å². The number of rotatable bonds is 4. The average molecular weight is 288 g/mol. The van der Waals surface area contributed by atoms with Crippen LogP contribution in [0.1, 0.15) is 5.56 Å². The maximum Gasteiger partial charge on any atom is 0.238 e. The normalized spacial score (nSPS) is 18.1. The molecular formula is C14H16N4OS. The Morgan fingerprint density at radius 1 is 1.45 bits per heavy atom. The lowest BCUT2D eigenvalue weighted by Crippen LogP contribution is -2.41. The van der Waals surface area contributed by atoms with Gasteiger partial charge in [-0.05, 0) is 12.1 Å². The van der Waals surface area contributed by atoms with Crippen LogP contribution >= 0.6 is 11.8 Å². The van der Waals surface area contributed by atoms with Crippen LogP contribution in [0.2, 0.25) is 0 Å². The van der Waals surface area contributed by atoms with Gasteiger partial charge in [0.25, 0.3) is 0 Å². The van der Waals surface area contributed by atoms with E-state index in [1.54, 1.807) is 18.0 Å². The molecule has 6 heteroatoms. The molecular weight excluding hydrogens is 272 g/mol. The summed E-state index contributed by atoms with van der Waals surface area (Å²) in [5.74, 6) is 1.75. The minimum atomic E-state index is -0.0656. The van der Waals surface area contributed by atoms with Crippen LogP contribution in [-0.2, 0) is 11.3 Å². The molecule has 1 amide bonds. The largest absolute Gasteiger partial charge is 0.351 e. The molecule has 1 saturated heterocycles. The number of hydrogen-bond donors (Lipinski definition) is 2. The molecule has 1 unspecified atom stereocenters. The molecule has 1 aliphatic rings. The van der Waals surface area contributed by atoms with Gasteiger partial charge in [-0.2, -0.15) is 5.10 Å². The minimum Gasteiger partial charge on any atom is -0.351 e. The number of carbonyl (C=O) groups excluding carboxylic acids is 1. The summed E-state index contributed by atoms with van der Waals surface area (Å²) in [6, 6.07) is 9.85. The topological polar surface area (TPSA) is 59.0 Å². The maximum absolute atomic E-state index is 11.9. The number of para-hydroxylation sites is 1. The highest BCUT2D eigenvalue weighted by molar-refractivity contribution is 7.99. The smallest absolute Gasteiger partial charge is 0.238 e. The van der Waals surface area contributed by atoms with E-state index in [1.807, 2.05) is 41.2 Å². The second-order valence-corrected chi connectivity index (χ2v) is 5.65. The first kappa shape index (κ1) is 13.2. The van der Waals surface area contributed by atoms with Gasteiger partial charge in [-0.15, -0.1) is 11.8 Å². The van der Waals surface area contributed by atoms with Crippen molar-refractivity contribution in [3.05, 3.63) is 48.3 Å². The lowest BCUT2D eigenvalue weighted by atomic mass is 10.3. The molecule has 2 aromatic rings. The molecule has 1 aromatic heterocycles. The van der Waals surface area contributed by atoms with Crippen LogP contribution in [0.5, 0.6) is 0 Å². The summed E-state index contributed by atoms with van der Waals surface area (Å²) in [5.41, 5.74) is 2.01. The van der Waals surface area contributed by atoms with Crippen molar-refractivity contribution >= 4 is 17.7 Å². The van der Waals surface area contributed by atoms with Gasteiger partial charge in [0.15, 0.2) is 0 Å². The van der Waals surface area contributed by atoms with Gasteiger partial charge >= 0.3 is 0 Å². The zero-order valence-electron chi connectivity index (χ0n) is 11.0. The van der Waals surface area contributed by atoms with Gasteiger partial charge in [-0.1, -0.05) is 18.2 Å². The van der Waals surface area contributed by atoms with Crippen LogP contribution in [-0.4, -0.2) is 33.4 Å². The summed E-state index contributed by atoms with van der Waals surface area (Å²) >= 11 is 1.75. The van der Waals surface area contributed by atoms with Gasteiger partial charge in [0.05, 0.1) is 17.9 Å². The first-order chi connectivity index (χ1) is 9.83. The zero-order valence-corrected chi connectivity index (χ0v) is 11.8. The molecule has 2 heterocycles. The SMILES string of the molecule is O=C(NCc1cnn(-c2ccccc2)c1)C1CSCN1. The highest BCUT2D eigenvalue weighted by Gasteiger charge is 2.21. The van der Waals surface area contributed by atoms with E-state index in [2.05, 4.69) is 15.7 Å². The lowest BCUT2D eigenvalue weighted by Gasteiger charge is -2.09. The number of nitrogens with zero attached hydrogens (tertiary/aromatic N) is 2. The van der Waals surface area contributed by atoms with Crippen molar-refractivity contribution in [2.45, 2.75) is 12.6 Å². The van der Waals surface area contributed by atoms with Crippen molar-refractivity contribution in [3.63, 3.8) is 0 Å². The first-order valence-electron chi connectivity index (χ1n) is 6.51. The van der Waals surface area contributed by atoms with Gasteiger partial charge < -0.3 is 5.32 Å². The third-order valence-corrected chi connectivity index (χ3v) is 4.10. The van der Waals surface area contributed by atoms with Crippen LogP contribution in [0.4, 0.5) is 0 Å². The average Bonchev–Trinajstić information content (AvgIpc) is 3.17. The Kier molecular flexibility index (Phi) is 4.03. The second kappa shape index (κ2) is 6.11. The van der Waals surface area contributed by atoms with E-state index in [0.717, 1.165) is 22.9 Å². The second-order valence-electron chi connectivity index (χ2n) is 4.62. The quantitative estimate of drug-likeness (QED) is 0.886. The highest BCUT2D eigenvalue weighted by atomic mass is 32.2. The third-order valence-electron chi connectivity index (χ3n) is 3.16. The van der Waals surface area contributed by atoms with Gasteiger partial charge in [0, 0.05) is 29.9 Å². The summed E-state index contributed by atoms with van der Waals surface area (Å²) in [5, 5.41) is 10.4. The minimum absolute atomic E-state index is 0.0578. The molecule has 3 rings (SSSR count). The van der Waals surface area contributed by atoms with Crippen LogP contribution < -0.4 is 10.6 Å². The van der Waals surface area contributed by atoms with Crippen molar-refractivity contribution in [2.24, 2.45) is 0 Å². The Morgan fingerprint density at radius 2 is 2.30 bits per heavy atom. The van der Waals surface area contributed by atoms with Gasteiger partial charge in [0.2, 0.25) is 5.91 Å². The molecule has 0 spiro atoms. The van der Waals surface area contributed by atoms with Crippen molar-refractivity contribution in [2.75, 3.05) is 11.6 Å². The predicted octanol–water partition coefficient (Wildman–Crippen LogP) is 1.15. The van der Waals surface area contributed by atoms with E-state index in [9.17, 15) is 4.79 Å². The molecule has 0 aliphatic carbocycles. The van der Waals surface area contributed by atoms with Crippen molar-refractivity contribution in [3.8, 4) is 5.69 Å². The summed E-state index contributed by atoms with van der Waals surface area (Å²) in [4.78, 5) is 11.9. The number of aromatic nitrogens is 2. The number of nitrogens with one attached hydrogen (secondary N) is 2. The van der Waals surface area contributed by atoms with E-state index in [-0.39, 0.29) is 11.9 Å². The Labute approximate surface area is 121 Å². The Balaban J connectivity index is 1.59. The van der Waals surface area contributed by atoms with E-state index in [4.69, 9.17) is 0 Å². The fraction of sp³-hybridized carbons (Fsp3) is 0.286. The maximum atomic E-state index is 11.9. The van der Waals surface area contributed by atoms with Gasteiger partial charge in [-0.3, -0.25) is 10.1 Å². The Morgan fingerprint density at radius 3 is 3.05 bits per heavy atom. The van der Waals surface area contributed by atoms with Crippen molar-refractivity contribution in [1.82, 2.24) is 20.4 Å². The third kappa shape index (κ3) is 3.02. The van der Waals surface area contributed by atoms with E-state index < -0.39 is 0 Å². The first-order valence-corrected chi connectivity index (χ1v) is 7.66. The molecule has 0 bridgehead atoms. The molecule has 1 aromatic carbocycles. The zero-order chi connectivity index (χ0) is 13.8. The summed E-state index contributed by atoms with van der Waals surface area (Å²) in [6.45, 7) is 0.508. The number of benzene rings is 1. The molecule has 0 radical (unpaired) electrons. The molecule has 2 N–H and O–H groups in total. The lowest BCUT2D eigenvalue weighted by molar-refractivity contribution is -0.122. The van der Waals surface area contributed by atoms with Crippen molar-refractivity contribution in [1.29, 1.82) is 0 Å². The van der Waals surface area contributed by atoms with Crippen LogP contribution in [0, 0.1) is 0 Å². The van der Waals surface area contributed by atoms with E-state index in [0.29, 0.717) is 6.54 Å². The number of carbonyl (C=O) groups is 1. The Bertz CT molecular complexity index is 578. The van der Waals surface area contributed by atoms with Crippen LogP contribution in [0.3, 0.4) is 0 Å². The molecule has 1 aliphatic heterocycles. The molecule has 104 valence electrons. The molecule has 1 fully saturated rings. The van der Waals surface area contributed by atoms with Gasteiger partial charge in [-0.25, -0.2) is 4.68 Å². The number of thioether (sulfide) groups is 1. The molecule has 20 heavy (non-hydrogen) atoms. The van der Waals surface area contributed by atoms with E-state index in [1.165, 1.54) is 0 Å². The van der Waals surface area contributed by atoms with Crippen molar-refractivity contribution < 1.29 is 4.79 Å². The monoisotopic (exact) mass is 288 g/mol. The fourth-order valence-electron chi connectivity index (χ4n) is 2.05. The standard InChI is InChI=1S/C14H16N4OS/c19-14(13-9-20-10-16-13)15-6-11-7-17-18(8-11)12-4-2-1-3-5-12/h1-5,7-8,13,16H,6,9-10H2,(H,15,19). The molecule has 0 saturated carbocycles. The molecule has 5 nitrogen and oxygen atoms in total. The van der Waals surface area contributed by atoms with Crippen LogP contribution in [0.25, 0.3) is 5.69 Å². The Hall–Kier alpha value is -1.79. The molecule has 1 atom stereocenters. The highest BCUT2D eigenvalue weighted by Crippen LogP contribution is 2.10. The number of hydrogen-bond acceptors (Lipinski definition) is 4. The summed E-state index contributed by atoms with van der Waals surface area (Å²) < 4.78 is 1.81. The van der Waals surface area contributed by atoms with Gasteiger partial charge in [0.1, 0.15) is 0 Å². The predicted molar refractivity (Wildman–Crippen MR) is 79.7 cm³/mol.